The number of amides is 1. The molecule has 4 aliphatic carbocycles. The number of aliphatic hydroxyl groups is 2. The van der Waals surface area contributed by atoms with Crippen LogP contribution in [-0.4, -0.2) is 35.1 Å². The van der Waals surface area contributed by atoms with Crippen LogP contribution < -0.4 is 5.73 Å². The van der Waals surface area contributed by atoms with Gasteiger partial charge in [-0.3, -0.25) is 0 Å². The number of primary amides is 1. The summed E-state index contributed by atoms with van der Waals surface area (Å²) in [6.07, 6.45) is 8.52. The van der Waals surface area contributed by atoms with Gasteiger partial charge in [0, 0.05) is 0 Å². The largest absolute Gasteiger partial charge is 0.450 e. The molecule has 3 unspecified atom stereocenters. The highest BCUT2D eigenvalue weighted by Gasteiger charge is 2.64. The lowest BCUT2D eigenvalue weighted by Gasteiger charge is -2.64. The minimum atomic E-state index is -0.681. The fourth-order valence-corrected chi connectivity index (χ4v) is 9.48. The molecule has 0 bridgehead atoms. The maximum atomic E-state index is 11.7. The number of rotatable bonds is 5. The minimum absolute atomic E-state index is 0.191. The van der Waals surface area contributed by atoms with Crippen molar-refractivity contribution in [2.24, 2.45) is 58.0 Å². The van der Waals surface area contributed by atoms with E-state index in [0.29, 0.717) is 48.0 Å². The van der Waals surface area contributed by atoms with Gasteiger partial charge in [-0.1, -0.05) is 34.1 Å². The predicted octanol–water partition coefficient (Wildman–Crippen LogP) is 4.73. The molecular weight excluding hydrogens is 390 g/mol. The molecule has 11 atom stereocenters. The third kappa shape index (κ3) is 3.72. The van der Waals surface area contributed by atoms with E-state index < -0.39 is 6.09 Å². The summed E-state index contributed by atoms with van der Waals surface area (Å²) >= 11 is 0. The molecule has 4 N–H and O–H groups in total. The molecule has 4 rings (SSSR count). The minimum Gasteiger partial charge on any atom is -0.450 e. The van der Waals surface area contributed by atoms with E-state index >= 15 is 0 Å². The zero-order valence-corrected chi connectivity index (χ0v) is 20.1. The van der Waals surface area contributed by atoms with Crippen LogP contribution in [0.5, 0.6) is 0 Å². The van der Waals surface area contributed by atoms with Crippen LogP contribution in [0.3, 0.4) is 0 Å². The molecule has 0 radical (unpaired) electrons. The molecule has 178 valence electrons. The first kappa shape index (κ1) is 23.4. The third-order valence-electron chi connectivity index (χ3n) is 11.0. The first-order valence-corrected chi connectivity index (χ1v) is 12.9. The van der Waals surface area contributed by atoms with E-state index in [9.17, 15) is 15.0 Å². The Kier molecular flexibility index (Phi) is 6.42. The van der Waals surface area contributed by atoms with Gasteiger partial charge in [-0.2, -0.15) is 0 Å². The van der Waals surface area contributed by atoms with Crippen LogP contribution >= 0.6 is 0 Å². The van der Waals surface area contributed by atoms with Gasteiger partial charge in [-0.15, -0.1) is 0 Å². The lowest BCUT2D eigenvalue weighted by Crippen LogP contribution is -2.62. The smallest absolute Gasteiger partial charge is 0.404 e. The van der Waals surface area contributed by atoms with Crippen molar-refractivity contribution < 1.29 is 19.7 Å². The molecule has 0 aromatic rings. The van der Waals surface area contributed by atoms with Crippen molar-refractivity contribution in [1.29, 1.82) is 0 Å². The van der Waals surface area contributed by atoms with E-state index in [1.165, 1.54) is 25.7 Å². The molecule has 0 aliphatic heterocycles. The van der Waals surface area contributed by atoms with Gasteiger partial charge >= 0.3 is 6.09 Å². The Morgan fingerprint density at radius 1 is 1.06 bits per heavy atom. The Hall–Kier alpha value is -0.810. The topological polar surface area (TPSA) is 92.8 Å². The Balaban J connectivity index is 1.57. The highest BCUT2D eigenvalue weighted by Crippen LogP contribution is 2.69. The Bertz CT molecular complexity index is 670. The van der Waals surface area contributed by atoms with Crippen molar-refractivity contribution in [1.82, 2.24) is 0 Å². The van der Waals surface area contributed by atoms with E-state index in [1.54, 1.807) is 0 Å². The molecule has 0 spiro atoms. The highest BCUT2D eigenvalue weighted by atomic mass is 16.5. The molecule has 0 aromatic heterocycles. The average molecular weight is 436 g/mol. The van der Waals surface area contributed by atoms with Crippen LogP contribution in [0, 0.1) is 52.3 Å². The average Bonchev–Trinajstić information content (AvgIpc) is 3.06. The predicted molar refractivity (Wildman–Crippen MR) is 121 cm³/mol. The fourth-order valence-electron chi connectivity index (χ4n) is 9.48. The second-order valence-corrected chi connectivity index (χ2v) is 12.1. The summed E-state index contributed by atoms with van der Waals surface area (Å²) in [7, 11) is 0. The number of nitrogens with two attached hydrogens (primary N) is 1. The van der Waals surface area contributed by atoms with Gasteiger partial charge in [0.05, 0.1) is 18.8 Å². The molecule has 4 fully saturated rings. The Labute approximate surface area is 188 Å². The van der Waals surface area contributed by atoms with E-state index in [0.717, 1.165) is 32.1 Å². The van der Waals surface area contributed by atoms with Gasteiger partial charge in [-0.05, 0) is 104 Å². The summed E-state index contributed by atoms with van der Waals surface area (Å²) in [5.41, 5.74) is 5.66. The highest BCUT2D eigenvalue weighted by molar-refractivity contribution is 5.64. The van der Waals surface area contributed by atoms with Crippen LogP contribution in [0.4, 0.5) is 4.79 Å². The van der Waals surface area contributed by atoms with Crippen LogP contribution in [0.2, 0.25) is 0 Å². The Morgan fingerprint density at radius 2 is 1.74 bits per heavy atom. The second-order valence-electron chi connectivity index (χ2n) is 12.1. The van der Waals surface area contributed by atoms with Crippen molar-refractivity contribution in [2.45, 2.75) is 97.7 Å². The third-order valence-corrected chi connectivity index (χ3v) is 11.0. The lowest BCUT2D eigenvalue weighted by atomic mass is 9.41. The molecule has 31 heavy (non-hydrogen) atoms. The first-order valence-electron chi connectivity index (χ1n) is 12.9. The number of fused-ring (bicyclic) bond motifs is 5. The molecule has 5 nitrogen and oxygen atoms in total. The molecule has 5 heteroatoms. The molecule has 0 aromatic carbocycles. The number of carbonyl (C=O) groups is 1. The zero-order chi connectivity index (χ0) is 22.6. The maximum absolute atomic E-state index is 11.7. The Morgan fingerprint density at radius 3 is 2.42 bits per heavy atom. The van der Waals surface area contributed by atoms with Crippen molar-refractivity contribution in [3.8, 4) is 0 Å². The van der Waals surface area contributed by atoms with Gasteiger partial charge in [0.2, 0.25) is 0 Å². The number of hydrogen-bond acceptors (Lipinski definition) is 4. The number of aliphatic hydroxyl groups excluding tert-OH is 2. The SMILES string of the molecule is CC[C@@H]1C2C[C@H](O)CCC2(C)[C@H]2CCC3(C)[C@@H]([C@H](C)CCOC(N)=O)CC[C@H]3[C@H]2[C@@H]1O. The van der Waals surface area contributed by atoms with Crippen molar-refractivity contribution in [3.05, 3.63) is 0 Å². The van der Waals surface area contributed by atoms with Crippen molar-refractivity contribution in [2.75, 3.05) is 6.61 Å². The zero-order valence-electron chi connectivity index (χ0n) is 20.1. The molecule has 0 heterocycles. The molecule has 4 saturated carbocycles. The molecule has 0 saturated heterocycles. The number of carbonyl (C=O) groups excluding carboxylic acids is 1. The summed E-state index contributed by atoms with van der Waals surface area (Å²) in [5, 5.41) is 22.2. The lowest BCUT2D eigenvalue weighted by molar-refractivity contribution is -0.203. The van der Waals surface area contributed by atoms with Gasteiger partial charge in [0.25, 0.3) is 0 Å². The summed E-state index contributed by atoms with van der Waals surface area (Å²) in [6, 6.07) is 0. The summed E-state index contributed by atoms with van der Waals surface area (Å²) in [5.74, 6) is 3.40. The van der Waals surface area contributed by atoms with E-state index in [2.05, 4.69) is 27.7 Å². The van der Waals surface area contributed by atoms with Crippen LogP contribution in [0.15, 0.2) is 0 Å². The quantitative estimate of drug-likeness (QED) is 0.582. The normalized spacial score (nSPS) is 50.1. The van der Waals surface area contributed by atoms with Gasteiger partial charge in [-0.25, -0.2) is 4.79 Å². The van der Waals surface area contributed by atoms with Gasteiger partial charge < -0.3 is 20.7 Å². The second kappa shape index (κ2) is 8.52. The van der Waals surface area contributed by atoms with Gasteiger partial charge in [0.1, 0.15) is 0 Å². The molecular formula is C26H45NO4. The summed E-state index contributed by atoms with van der Waals surface area (Å²) < 4.78 is 5.03. The monoisotopic (exact) mass is 435 g/mol. The van der Waals surface area contributed by atoms with E-state index in [4.69, 9.17) is 10.5 Å². The standard InChI is InChI=1S/C26H45NO4/c1-5-17-21-14-16(28)8-11-26(21,4)20-9-12-25(3)18(15(2)10-13-31-24(27)30)6-7-19(25)22(20)23(17)29/h15-23,28-29H,5-14H2,1-4H3,(H2,27,30)/t15-,16-,17-,18-,19+,20+,21?,22-,23-,25?,26?/m1/s1. The maximum Gasteiger partial charge on any atom is 0.404 e. The molecule has 4 aliphatic rings. The molecule has 1 amide bonds. The van der Waals surface area contributed by atoms with Crippen molar-refractivity contribution >= 4 is 6.09 Å². The number of ether oxygens (including phenoxy) is 1. The van der Waals surface area contributed by atoms with E-state index in [-0.39, 0.29) is 23.0 Å². The number of hydrogen-bond donors (Lipinski definition) is 3. The van der Waals surface area contributed by atoms with E-state index in [1.807, 2.05) is 0 Å². The van der Waals surface area contributed by atoms with Crippen LogP contribution in [0.25, 0.3) is 0 Å². The summed E-state index contributed by atoms with van der Waals surface area (Å²) in [6.45, 7) is 9.93. The van der Waals surface area contributed by atoms with Gasteiger partial charge in [0.15, 0.2) is 0 Å². The summed E-state index contributed by atoms with van der Waals surface area (Å²) in [4.78, 5) is 11.0. The van der Waals surface area contributed by atoms with Crippen LogP contribution in [-0.2, 0) is 4.74 Å². The fraction of sp³-hybridized carbons (Fsp3) is 0.962. The first-order chi connectivity index (χ1) is 14.6. The van der Waals surface area contributed by atoms with Crippen LogP contribution in [0.1, 0.15) is 85.5 Å². The van der Waals surface area contributed by atoms with Crippen molar-refractivity contribution in [3.63, 3.8) is 0 Å².